The third kappa shape index (κ3) is 3.22. The van der Waals surface area contributed by atoms with Crippen LogP contribution in [0.5, 0.6) is 0 Å². The molecule has 0 aliphatic carbocycles. The van der Waals surface area contributed by atoms with E-state index in [9.17, 15) is 0 Å². The summed E-state index contributed by atoms with van der Waals surface area (Å²) in [4.78, 5) is 16.1. The van der Waals surface area contributed by atoms with E-state index in [1.54, 1.807) is 23.7 Å². The van der Waals surface area contributed by atoms with Gasteiger partial charge < -0.3 is 5.43 Å². The van der Waals surface area contributed by atoms with Crippen LogP contribution in [0.15, 0.2) is 17.9 Å². The summed E-state index contributed by atoms with van der Waals surface area (Å²) in [6.45, 7) is 3.64. The summed E-state index contributed by atoms with van der Waals surface area (Å²) in [7, 11) is 2.05. The molecule has 96 valence electrons. The van der Waals surface area contributed by atoms with Crippen LogP contribution in [-0.2, 0) is 13.1 Å². The Kier molecular flexibility index (Phi) is 4.19. The molecular formula is C11H16N6S. The van der Waals surface area contributed by atoms with Crippen molar-refractivity contribution >= 4 is 17.2 Å². The van der Waals surface area contributed by atoms with E-state index in [-0.39, 0.29) is 0 Å². The molecule has 0 saturated carbocycles. The first-order valence-electron chi connectivity index (χ1n) is 5.54. The van der Waals surface area contributed by atoms with Gasteiger partial charge in [0.2, 0.25) is 0 Å². The number of thiazole rings is 1. The molecule has 3 N–H and O–H groups in total. The molecule has 2 heterocycles. The number of nitrogens with zero attached hydrogens (tertiary/aromatic N) is 4. The van der Waals surface area contributed by atoms with E-state index in [2.05, 4.69) is 32.3 Å². The van der Waals surface area contributed by atoms with Crippen molar-refractivity contribution in [2.24, 2.45) is 5.84 Å². The quantitative estimate of drug-likeness (QED) is 0.623. The number of aromatic nitrogens is 3. The van der Waals surface area contributed by atoms with Gasteiger partial charge in [0.15, 0.2) is 5.82 Å². The molecule has 6 nitrogen and oxygen atoms in total. The molecule has 0 bridgehead atoms. The van der Waals surface area contributed by atoms with E-state index in [4.69, 9.17) is 5.84 Å². The Morgan fingerprint density at radius 3 is 2.67 bits per heavy atom. The third-order valence-electron chi connectivity index (χ3n) is 2.54. The maximum atomic E-state index is 5.24. The lowest BCUT2D eigenvalue weighted by atomic mass is 10.3. The van der Waals surface area contributed by atoms with Gasteiger partial charge in [-0.15, -0.1) is 11.3 Å². The highest BCUT2D eigenvalue weighted by molar-refractivity contribution is 7.09. The van der Waals surface area contributed by atoms with E-state index in [1.807, 2.05) is 12.4 Å². The van der Waals surface area contributed by atoms with E-state index in [1.165, 1.54) is 4.88 Å². The highest BCUT2D eigenvalue weighted by Gasteiger charge is 2.07. The topological polar surface area (TPSA) is 80.0 Å². The highest BCUT2D eigenvalue weighted by Crippen LogP contribution is 2.15. The molecule has 0 radical (unpaired) electrons. The number of rotatable bonds is 5. The molecule has 0 atom stereocenters. The fourth-order valence-electron chi connectivity index (χ4n) is 1.57. The lowest BCUT2D eigenvalue weighted by molar-refractivity contribution is 0.316. The SMILES string of the molecule is Cc1ncsc1CN(C)Cc1cnc(NN)cn1. The monoisotopic (exact) mass is 264 g/mol. The molecule has 0 saturated heterocycles. The van der Waals surface area contributed by atoms with Crippen molar-refractivity contribution in [2.45, 2.75) is 20.0 Å². The number of nitrogens with one attached hydrogen (secondary N) is 1. The van der Waals surface area contributed by atoms with Crippen LogP contribution in [0.1, 0.15) is 16.3 Å². The van der Waals surface area contributed by atoms with E-state index >= 15 is 0 Å². The molecule has 0 aliphatic heterocycles. The average molecular weight is 264 g/mol. The first-order chi connectivity index (χ1) is 8.69. The van der Waals surface area contributed by atoms with Crippen LogP contribution in [0, 0.1) is 6.92 Å². The molecule has 0 aromatic carbocycles. The van der Waals surface area contributed by atoms with Crippen molar-refractivity contribution in [3.05, 3.63) is 34.2 Å². The van der Waals surface area contributed by atoms with Gasteiger partial charge >= 0.3 is 0 Å². The Bertz CT molecular complexity index is 494. The van der Waals surface area contributed by atoms with Crippen molar-refractivity contribution in [1.29, 1.82) is 0 Å². The molecule has 0 unspecified atom stereocenters. The predicted octanol–water partition coefficient (Wildman–Crippen LogP) is 1.16. The lowest BCUT2D eigenvalue weighted by Gasteiger charge is -2.15. The van der Waals surface area contributed by atoms with Crippen LogP contribution in [-0.4, -0.2) is 26.9 Å². The van der Waals surface area contributed by atoms with Gasteiger partial charge in [0.05, 0.1) is 29.3 Å². The Hall–Kier alpha value is -1.57. The first-order valence-corrected chi connectivity index (χ1v) is 6.42. The fraction of sp³-hybridized carbons (Fsp3) is 0.364. The van der Waals surface area contributed by atoms with E-state index < -0.39 is 0 Å². The van der Waals surface area contributed by atoms with Crippen molar-refractivity contribution in [2.75, 3.05) is 12.5 Å². The Balaban J connectivity index is 1.94. The first kappa shape index (κ1) is 12.9. The summed E-state index contributed by atoms with van der Waals surface area (Å²) in [5.41, 5.74) is 6.35. The van der Waals surface area contributed by atoms with Gasteiger partial charge in [-0.1, -0.05) is 0 Å². The van der Waals surface area contributed by atoms with Crippen LogP contribution in [0.25, 0.3) is 0 Å². The summed E-state index contributed by atoms with van der Waals surface area (Å²) >= 11 is 1.68. The summed E-state index contributed by atoms with van der Waals surface area (Å²) in [6.07, 6.45) is 3.35. The Labute approximate surface area is 110 Å². The largest absolute Gasteiger partial charge is 0.307 e. The van der Waals surface area contributed by atoms with Gasteiger partial charge in [-0.25, -0.2) is 15.8 Å². The molecule has 0 spiro atoms. The molecule has 0 fully saturated rings. The Morgan fingerprint density at radius 2 is 2.11 bits per heavy atom. The molecule has 2 aromatic rings. The van der Waals surface area contributed by atoms with Crippen LogP contribution in [0.4, 0.5) is 5.82 Å². The van der Waals surface area contributed by atoms with Gasteiger partial charge in [0, 0.05) is 18.0 Å². The van der Waals surface area contributed by atoms with Gasteiger partial charge in [-0.3, -0.25) is 9.88 Å². The van der Waals surface area contributed by atoms with Crippen LogP contribution in [0.3, 0.4) is 0 Å². The summed E-state index contributed by atoms with van der Waals surface area (Å²) in [5.74, 6) is 5.81. The summed E-state index contributed by atoms with van der Waals surface area (Å²) < 4.78 is 0. The number of nitrogens with two attached hydrogens (primary N) is 1. The van der Waals surface area contributed by atoms with Gasteiger partial charge in [0.25, 0.3) is 0 Å². The molecule has 0 amide bonds. The number of hydrogen-bond acceptors (Lipinski definition) is 7. The molecule has 2 aromatic heterocycles. The zero-order chi connectivity index (χ0) is 13.0. The minimum absolute atomic E-state index is 0.569. The summed E-state index contributed by atoms with van der Waals surface area (Å²) in [6, 6.07) is 0. The molecule has 2 rings (SSSR count). The van der Waals surface area contributed by atoms with E-state index in [0.717, 1.165) is 24.5 Å². The fourth-order valence-corrected chi connectivity index (χ4v) is 2.42. The van der Waals surface area contributed by atoms with Gasteiger partial charge in [-0.2, -0.15) is 0 Å². The van der Waals surface area contributed by atoms with Crippen molar-refractivity contribution < 1.29 is 0 Å². The molecule has 7 heteroatoms. The second-order valence-electron chi connectivity index (χ2n) is 4.07. The second-order valence-corrected chi connectivity index (χ2v) is 5.01. The number of hydrazine groups is 1. The number of nitrogen functional groups attached to an aromatic ring is 1. The van der Waals surface area contributed by atoms with Crippen molar-refractivity contribution in [3.63, 3.8) is 0 Å². The minimum Gasteiger partial charge on any atom is -0.307 e. The number of hydrogen-bond donors (Lipinski definition) is 2. The smallest absolute Gasteiger partial charge is 0.158 e. The zero-order valence-electron chi connectivity index (χ0n) is 10.4. The van der Waals surface area contributed by atoms with Crippen molar-refractivity contribution in [1.82, 2.24) is 19.9 Å². The molecule has 18 heavy (non-hydrogen) atoms. The van der Waals surface area contributed by atoms with Gasteiger partial charge in [-0.05, 0) is 14.0 Å². The lowest BCUT2D eigenvalue weighted by Crippen LogP contribution is -2.18. The highest BCUT2D eigenvalue weighted by atomic mass is 32.1. The molecule has 0 aliphatic rings. The second kappa shape index (κ2) is 5.85. The van der Waals surface area contributed by atoms with Crippen LogP contribution < -0.4 is 11.3 Å². The number of anilines is 1. The average Bonchev–Trinajstić information content (AvgIpc) is 2.76. The maximum absolute atomic E-state index is 5.24. The summed E-state index contributed by atoms with van der Waals surface area (Å²) in [5, 5.41) is 0. The maximum Gasteiger partial charge on any atom is 0.158 e. The standard InChI is InChI=1S/C11H16N6S/c1-8-10(18-7-15-8)6-17(2)5-9-3-14-11(16-12)4-13-9/h3-4,7H,5-6,12H2,1-2H3,(H,14,16). The third-order valence-corrected chi connectivity index (χ3v) is 3.46. The number of aryl methyl sites for hydroxylation is 1. The van der Waals surface area contributed by atoms with Gasteiger partial charge in [0.1, 0.15) is 0 Å². The van der Waals surface area contributed by atoms with E-state index in [0.29, 0.717) is 5.82 Å². The predicted molar refractivity (Wildman–Crippen MR) is 71.9 cm³/mol. The zero-order valence-corrected chi connectivity index (χ0v) is 11.2. The Morgan fingerprint density at radius 1 is 1.28 bits per heavy atom. The van der Waals surface area contributed by atoms with Crippen LogP contribution in [0.2, 0.25) is 0 Å². The normalized spacial score (nSPS) is 10.9. The van der Waals surface area contributed by atoms with Crippen LogP contribution >= 0.6 is 11.3 Å². The minimum atomic E-state index is 0.569. The van der Waals surface area contributed by atoms with Crippen molar-refractivity contribution in [3.8, 4) is 0 Å². The molecular weight excluding hydrogens is 248 g/mol.